The van der Waals surface area contributed by atoms with Crippen LogP contribution >= 0.6 is 11.6 Å². The number of terminal acetylenes is 1. The van der Waals surface area contributed by atoms with Gasteiger partial charge in [-0.1, -0.05) is 17.5 Å². The molecule has 1 aromatic carbocycles. The van der Waals surface area contributed by atoms with Crippen molar-refractivity contribution in [3.05, 3.63) is 41.0 Å². The highest BCUT2D eigenvalue weighted by atomic mass is 35.5. The molecule has 13 heavy (non-hydrogen) atoms. The van der Waals surface area contributed by atoms with Crippen molar-refractivity contribution in [1.82, 2.24) is 4.98 Å². The first-order chi connectivity index (χ1) is 6.31. The third kappa shape index (κ3) is 1.37. The molecule has 1 heterocycles. The number of hydrogen-bond donors (Lipinski definition) is 0. The maximum Gasteiger partial charge on any atom is 0.0717 e. The molecule has 2 aromatic rings. The number of nitrogens with zero attached hydrogens (tertiary/aromatic N) is 1. The Balaban J connectivity index is 2.84. The summed E-state index contributed by atoms with van der Waals surface area (Å²) in [6.07, 6.45) is 6.96. The van der Waals surface area contributed by atoms with Gasteiger partial charge >= 0.3 is 0 Å². The zero-order valence-electron chi connectivity index (χ0n) is 6.79. The van der Waals surface area contributed by atoms with Gasteiger partial charge in [-0.2, -0.15) is 0 Å². The van der Waals surface area contributed by atoms with Crippen LogP contribution in [0, 0.1) is 12.3 Å². The molecule has 2 heteroatoms. The summed E-state index contributed by atoms with van der Waals surface area (Å²) in [7, 11) is 0. The normalized spacial score (nSPS) is 9.85. The molecule has 0 amide bonds. The number of halogens is 1. The molecule has 0 aliphatic carbocycles. The van der Waals surface area contributed by atoms with E-state index >= 15 is 0 Å². The fourth-order valence-electron chi connectivity index (χ4n) is 1.20. The summed E-state index contributed by atoms with van der Waals surface area (Å²) in [5.41, 5.74) is 1.69. The van der Waals surface area contributed by atoms with Gasteiger partial charge in [-0.15, -0.1) is 6.42 Å². The molecule has 2 rings (SSSR count). The van der Waals surface area contributed by atoms with Crippen molar-refractivity contribution in [2.45, 2.75) is 0 Å². The molecule has 62 valence electrons. The van der Waals surface area contributed by atoms with Crippen LogP contribution in [0.25, 0.3) is 10.9 Å². The van der Waals surface area contributed by atoms with Crippen LogP contribution in [-0.2, 0) is 0 Å². The van der Waals surface area contributed by atoms with Crippen LogP contribution in [0.2, 0.25) is 5.02 Å². The highest BCUT2D eigenvalue weighted by Crippen LogP contribution is 2.21. The van der Waals surface area contributed by atoms with Gasteiger partial charge in [0, 0.05) is 17.1 Å². The van der Waals surface area contributed by atoms with Crippen molar-refractivity contribution >= 4 is 22.5 Å². The number of hydrogen-bond acceptors (Lipinski definition) is 1. The summed E-state index contributed by atoms with van der Waals surface area (Å²) in [5.74, 6) is 2.56. The van der Waals surface area contributed by atoms with E-state index in [9.17, 15) is 0 Å². The number of fused-ring (bicyclic) bond motifs is 1. The van der Waals surface area contributed by atoms with Gasteiger partial charge in [0.15, 0.2) is 0 Å². The highest BCUT2D eigenvalue weighted by Gasteiger charge is 1.99. The SMILES string of the molecule is C#Cc1ccc2nccc(Cl)c2c1. The molecule has 0 bridgehead atoms. The predicted octanol–water partition coefficient (Wildman–Crippen LogP) is 2.87. The van der Waals surface area contributed by atoms with E-state index in [-0.39, 0.29) is 0 Å². The third-order valence-electron chi connectivity index (χ3n) is 1.86. The van der Waals surface area contributed by atoms with Gasteiger partial charge in [0.2, 0.25) is 0 Å². The van der Waals surface area contributed by atoms with Gasteiger partial charge in [0.25, 0.3) is 0 Å². The van der Waals surface area contributed by atoms with Gasteiger partial charge in [-0.3, -0.25) is 4.98 Å². The zero-order chi connectivity index (χ0) is 9.26. The Morgan fingerprint density at radius 3 is 2.92 bits per heavy atom. The molecule has 0 aliphatic rings. The largest absolute Gasteiger partial charge is 0.256 e. The molecule has 0 aliphatic heterocycles. The summed E-state index contributed by atoms with van der Waals surface area (Å²) < 4.78 is 0. The van der Waals surface area contributed by atoms with Crippen LogP contribution in [0.1, 0.15) is 5.56 Å². The van der Waals surface area contributed by atoms with Crippen LogP contribution < -0.4 is 0 Å². The summed E-state index contributed by atoms with van der Waals surface area (Å²) in [4.78, 5) is 4.16. The van der Waals surface area contributed by atoms with Crippen LogP contribution in [0.4, 0.5) is 0 Å². The molecule has 0 fully saturated rings. The molecule has 0 N–H and O–H groups in total. The summed E-state index contributed by atoms with van der Waals surface area (Å²) in [6, 6.07) is 7.34. The lowest BCUT2D eigenvalue weighted by atomic mass is 10.1. The Hall–Kier alpha value is -1.52. The van der Waals surface area contributed by atoms with Crippen LogP contribution in [0.15, 0.2) is 30.5 Å². The second-order valence-electron chi connectivity index (χ2n) is 2.67. The van der Waals surface area contributed by atoms with E-state index in [0.717, 1.165) is 16.5 Å². The highest BCUT2D eigenvalue weighted by molar-refractivity contribution is 6.35. The van der Waals surface area contributed by atoms with E-state index in [0.29, 0.717) is 5.02 Å². The monoisotopic (exact) mass is 187 g/mol. The lowest BCUT2D eigenvalue weighted by Gasteiger charge is -1.99. The lowest BCUT2D eigenvalue weighted by molar-refractivity contribution is 1.41. The molecule has 0 spiro atoms. The van der Waals surface area contributed by atoms with Gasteiger partial charge in [0.1, 0.15) is 0 Å². The molecular weight excluding hydrogens is 182 g/mol. The van der Waals surface area contributed by atoms with Gasteiger partial charge in [0.05, 0.1) is 10.5 Å². The predicted molar refractivity (Wildman–Crippen MR) is 54.7 cm³/mol. The van der Waals surface area contributed by atoms with E-state index < -0.39 is 0 Å². The van der Waals surface area contributed by atoms with Crippen molar-refractivity contribution in [1.29, 1.82) is 0 Å². The van der Waals surface area contributed by atoms with Gasteiger partial charge < -0.3 is 0 Å². The molecule has 0 atom stereocenters. The molecular formula is C11H6ClN. The Morgan fingerprint density at radius 1 is 1.31 bits per heavy atom. The fraction of sp³-hybridized carbons (Fsp3) is 0. The summed E-state index contributed by atoms with van der Waals surface area (Å²) >= 11 is 5.98. The number of rotatable bonds is 0. The first-order valence-corrected chi connectivity index (χ1v) is 4.20. The van der Waals surface area contributed by atoms with Crippen LogP contribution in [0.3, 0.4) is 0 Å². The van der Waals surface area contributed by atoms with E-state index in [1.54, 1.807) is 12.3 Å². The van der Waals surface area contributed by atoms with Gasteiger partial charge in [-0.05, 0) is 24.3 Å². The van der Waals surface area contributed by atoms with Crippen molar-refractivity contribution in [2.24, 2.45) is 0 Å². The average molecular weight is 188 g/mol. The second kappa shape index (κ2) is 3.08. The average Bonchev–Trinajstić information content (AvgIpc) is 2.18. The van der Waals surface area contributed by atoms with Crippen LogP contribution in [-0.4, -0.2) is 4.98 Å². The van der Waals surface area contributed by atoms with Crippen molar-refractivity contribution < 1.29 is 0 Å². The van der Waals surface area contributed by atoms with E-state index in [2.05, 4.69) is 10.9 Å². The maximum atomic E-state index is 5.98. The Bertz CT molecular complexity index is 497. The maximum absolute atomic E-state index is 5.98. The smallest absolute Gasteiger partial charge is 0.0717 e. The number of aromatic nitrogens is 1. The summed E-state index contributed by atoms with van der Waals surface area (Å²) in [5, 5.41) is 1.58. The van der Waals surface area contributed by atoms with Gasteiger partial charge in [-0.25, -0.2) is 0 Å². The molecule has 1 nitrogen and oxygen atoms in total. The lowest BCUT2D eigenvalue weighted by Crippen LogP contribution is -1.80. The Labute approximate surface area is 81.4 Å². The van der Waals surface area contributed by atoms with Crippen molar-refractivity contribution in [3.8, 4) is 12.3 Å². The van der Waals surface area contributed by atoms with E-state index in [1.165, 1.54) is 0 Å². The minimum absolute atomic E-state index is 0.683. The molecule has 0 saturated carbocycles. The first-order valence-electron chi connectivity index (χ1n) is 3.82. The Kier molecular flexibility index (Phi) is 1.92. The number of benzene rings is 1. The molecule has 0 radical (unpaired) electrons. The fourth-order valence-corrected chi connectivity index (χ4v) is 1.41. The van der Waals surface area contributed by atoms with Crippen LogP contribution in [0.5, 0.6) is 0 Å². The van der Waals surface area contributed by atoms with E-state index in [1.807, 2.05) is 18.2 Å². The first kappa shape index (κ1) is 8.10. The Morgan fingerprint density at radius 2 is 2.15 bits per heavy atom. The molecule has 0 saturated heterocycles. The quantitative estimate of drug-likeness (QED) is 0.578. The third-order valence-corrected chi connectivity index (χ3v) is 2.18. The topological polar surface area (TPSA) is 12.9 Å². The number of pyridine rings is 1. The molecule has 0 unspecified atom stereocenters. The van der Waals surface area contributed by atoms with Crippen molar-refractivity contribution in [3.63, 3.8) is 0 Å². The molecule has 1 aromatic heterocycles. The van der Waals surface area contributed by atoms with Crippen molar-refractivity contribution in [2.75, 3.05) is 0 Å². The zero-order valence-corrected chi connectivity index (χ0v) is 7.55. The summed E-state index contributed by atoms with van der Waals surface area (Å²) in [6.45, 7) is 0. The van der Waals surface area contributed by atoms with E-state index in [4.69, 9.17) is 18.0 Å². The standard InChI is InChI=1S/C11H6ClN/c1-2-8-3-4-11-9(7-8)10(12)5-6-13-11/h1,3-7H. The second-order valence-corrected chi connectivity index (χ2v) is 3.08. The minimum atomic E-state index is 0.683. The minimum Gasteiger partial charge on any atom is -0.256 e.